The van der Waals surface area contributed by atoms with Crippen LogP contribution in [-0.2, 0) is 9.53 Å². The van der Waals surface area contributed by atoms with Gasteiger partial charge in [0.05, 0.1) is 6.61 Å². The summed E-state index contributed by atoms with van der Waals surface area (Å²) in [4.78, 5) is 16.1. The molecule has 5 heteroatoms. The van der Waals surface area contributed by atoms with E-state index in [0.717, 1.165) is 5.75 Å². The summed E-state index contributed by atoms with van der Waals surface area (Å²) < 4.78 is 23.4. The predicted octanol–water partition coefficient (Wildman–Crippen LogP) is 3.57. The molecule has 1 heterocycles. The van der Waals surface area contributed by atoms with Gasteiger partial charge in [-0.2, -0.15) is 0 Å². The molecule has 0 spiro atoms. The monoisotopic (exact) mass is 311 g/mol. The normalized spacial score (nSPS) is 15.5. The van der Waals surface area contributed by atoms with Crippen molar-refractivity contribution in [2.45, 2.75) is 6.92 Å². The van der Waals surface area contributed by atoms with Crippen molar-refractivity contribution in [1.82, 2.24) is 0 Å². The number of carbonyl (C=O) groups excluding carboxylic acids is 1. The van der Waals surface area contributed by atoms with Crippen molar-refractivity contribution in [3.8, 4) is 5.75 Å². The number of ether oxygens (including phenoxy) is 2. The van der Waals surface area contributed by atoms with Crippen molar-refractivity contribution in [2.75, 3.05) is 6.61 Å². The topological polar surface area (TPSA) is 47.9 Å². The molecule has 0 saturated heterocycles. The first-order valence-electron chi connectivity index (χ1n) is 7.17. The van der Waals surface area contributed by atoms with Crippen molar-refractivity contribution < 1.29 is 18.7 Å². The molecule has 116 valence electrons. The lowest BCUT2D eigenvalue weighted by Gasteiger charge is -2.03. The van der Waals surface area contributed by atoms with Gasteiger partial charge in [-0.3, -0.25) is 0 Å². The van der Waals surface area contributed by atoms with Gasteiger partial charge in [-0.15, -0.1) is 0 Å². The second-order valence-electron chi connectivity index (χ2n) is 4.84. The number of carbonyl (C=O) groups is 1. The van der Waals surface area contributed by atoms with E-state index in [4.69, 9.17) is 9.47 Å². The van der Waals surface area contributed by atoms with Crippen molar-refractivity contribution in [3.63, 3.8) is 0 Å². The zero-order valence-corrected chi connectivity index (χ0v) is 12.5. The van der Waals surface area contributed by atoms with Gasteiger partial charge < -0.3 is 9.47 Å². The molecule has 4 nitrogen and oxygen atoms in total. The Hall–Kier alpha value is -2.95. The van der Waals surface area contributed by atoms with Crippen LogP contribution < -0.4 is 4.74 Å². The first kappa shape index (κ1) is 15.0. The van der Waals surface area contributed by atoms with Crippen molar-refractivity contribution in [2.24, 2.45) is 4.99 Å². The zero-order chi connectivity index (χ0) is 16.2. The Labute approximate surface area is 132 Å². The van der Waals surface area contributed by atoms with Crippen LogP contribution in [0.1, 0.15) is 18.1 Å². The lowest BCUT2D eigenvalue weighted by atomic mass is 10.2. The molecule has 0 radical (unpaired) electrons. The first-order valence-corrected chi connectivity index (χ1v) is 7.17. The molecule has 2 aromatic carbocycles. The third kappa shape index (κ3) is 3.45. The summed E-state index contributed by atoms with van der Waals surface area (Å²) in [7, 11) is 0. The molecule has 0 aromatic heterocycles. The minimum Gasteiger partial charge on any atom is -0.494 e. The minimum absolute atomic E-state index is 0.181. The molecule has 0 fully saturated rings. The van der Waals surface area contributed by atoms with Gasteiger partial charge in [-0.05, 0) is 55.0 Å². The number of cyclic esters (lactones) is 1. The fourth-order valence-corrected chi connectivity index (χ4v) is 2.11. The minimum atomic E-state index is -0.529. The maximum absolute atomic E-state index is 12.9. The quantitative estimate of drug-likeness (QED) is 0.640. The van der Waals surface area contributed by atoms with Crippen LogP contribution in [-0.4, -0.2) is 18.5 Å². The van der Waals surface area contributed by atoms with Gasteiger partial charge in [0.1, 0.15) is 11.6 Å². The Kier molecular flexibility index (Phi) is 4.19. The van der Waals surface area contributed by atoms with E-state index >= 15 is 0 Å². The average molecular weight is 311 g/mol. The molecule has 0 aliphatic carbocycles. The number of benzene rings is 2. The Morgan fingerprint density at radius 1 is 1.13 bits per heavy atom. The van der Waals surface area contributed by atoms with Gasteiger partial charge >= 0.3 is 5.97 Å². The second-order valence-corrected chi connectivity index (χ2v) is 4.84. The Bertz CT molecular complexity index is 777. The number of hydrogen-bond acceptors (Lipinski definition) is 4. The number of nitrogens with zero attached hydrogens (tertiary/aromatic N) is 1. The summed E-state index contributed by atoms with van der Waals surface area (Å²) >= 11 is 0. The molecular formula is C18H14FNO3. The number of esters is 1. The van der Waals surface area contributed by atoms with E-state index in [-0.39, 0.29) is 17.4 Å². The average Bonchev–Trinajstić information content (AvgIpc) is 2.92. The number of rotatable bonds is 4. The summed E-state index contributed by atoms with van der Waals surface area (Å²) in [5.74, 6) is 0.118. The van der Waals surface area contributed by atoms with Gasteiger partial charge in [-0.25, -0.2) is 14.2 Å². The van der Waals surface area contributed by atoms with Gasteiger partial charge in [0.15, 0.2) is 5.70 Å². The standard InChI is InChI=1S/C18H14FNO3/c1-2-22-15-9-5-13(6-10-15)17-20-16(18(21)23-17)11-12-3-7-14(19)8-4-12/h3-11H,2H2,1H3/b16-11-. The summed E-state index contributed by atoms with van der Waals surface area (Å²) in [5.41, 5.74) is 1.54. The third-order valence-electron chi connectivity index (χ3n) is 3.21. The molecule has 3 rings (SSSR count). The molecule has 0 atom stereocenters. The number of hydrogen-bond donors (Lipinski definition) is 0. The molecule has 0 unspecified atom stereocenters. The first-order chi connectivity index (χ1) is 11.2. The van der Waals surface area contributed by atoms with Crippen LogP contribution in [0.15, 0.2) is 59.2 Å². The second kappa shape index (κ2) is 6.44. The van der Waals surface area contributed by atoms with Crippen LogP contribution in [0, 0.1) is 5.82 Å². The van der Waals surface area contributed by atoms with E-state index in [0.29, 0.717) is 17.7 Å². The SMILES string of the molecule is CCOc1ccc(C2=N/C(=C\c3ccc(F)cc3)C(=O)O2)cc1. The van der Waals surface area contributed by atoms with E-state index in [2.05, 4.69) is 4.99 Å². The van der Waals surface area contributed by atoms with Crippen LogP contribution >= 0.6 is 0 Å². The molecular weight excluding hydrogens is 297 g/mol. The third-order valence-corrected chi connectivity index (χ3v) is 3.21. The van der Waals surface area contributed by atoms with Crippen molar-refractivity contribution in [1.29, 1.82) is 0 Å². The Morgan fingerprint density at radius 3 is 2.48 bits per heavy atom. The van der Waals surface area contributed by atoms with Crippen LogP contribution in [0.5, 0.6) is 5.75 Å². The van der Waals surface area contributed by atoms with Crippen LogP contribution in [0.2, 0.25) is 0 Å². The zero-order valence-electron chi connectivity index (χ0n) is 12.5. The number of aliphatic imine (C=N–C) groups is 1. The highest BCUT2D eigenvalue weighted by Crippen LogP contribution is 2.21. The predicted molar refractivity (Wildman–Crippen MR) is 84.6 cm³/mol. The van der Waals surface area contributed by atoms with E-state index in [9.17, 15) is 9.18 Å². The fourth-order valence-electron chi connectivity index (χ4n) is 2.11. The molecule has 23 heavy (non-hydrogen) atoms. The van der Waals surface area contributed by atoms with Gasteiger partial charge in [0.2, 0.25) is 5.90 Å². The summed E-state index contributed by atoms with van der Waals surface area (Å²) in [5, 5.41) is 0. The molecule has 2 aromatic rings. The highest BCUT2D eigenvalue weighted by molar-refractivity contribution is 6.12. The summed E-state index contributed by atoms with van der Waals surface area (Å²) in [6.07, 6.45) is 1.56. The Morgan fingerprint density at radius 2 is 1.83 bits per heavy atom. The molecule has 0 bridgehead atoms. The fraction of sp³-hybridized carbons (Fsp3) is 0.111. The van der Waals surface area contributed by atoms with Crippen LogP contribution in [0.25, 0.3) is 6.08 Å². The largest absolute Gasteiger partial charge is 0.494 e. The Balaban J connectivity index is 1.84. The maximum Gasteiger partial charge on any atom is 0.363 e. The van der Waals surface area contributed by atoms with Gasteiger partial charge in [0, 0.05) is 5.56 Å². The van der Waals surface area contributed by atoms with E-state index in [1.807, 2.05) is 6.92 Å². The summed E-state index contributed by atoms with van der Waals surface area (Å²) in [6.45, 7) is 2.49. The highest BCUT2D eigenvalue weighted by atomic mass is 19.1. The highest BCUT2D eigenvalue weighted by Gasteiger charge is 2.24. The smallest absolute Gasteiger partial charge is 0.363 e. The number of halogens is 1. The summed E-state index contributed by atoms with van der Waals surface area (Å²) in [6, 6.07) is 12.9. The van der Waals surface area contributed by atoms with Crippen molar-refractivity contribution >= 4 is 17.9 Å². The van der Waals surface area contributed by atoms with Crippen LogP contribution in [0.3, 0.4) is 0 Å². The molecule has 1 aliphatic rings. The van der Waals surface area contributed by atoms with E-state index in [1.54, 1.807) is 42.5 Å². The lowest BCUT2D eigenvalue weighted by molar-refractivity contribution is -0.129. The van der Waals surface area contributed by atoms with E-state index < -0.39 is 5.97 Å². The van der Waals surface area contributed by atoms with E-state index in [1.165, 1.54) is 12.1 Å². The van der Waals surface area contributed by atoms with Gasteiger partial charge in [-0.1, -0.05) is 12.1 Å². The van der Waals surface area contributed by atoms with Gasteiger partial charge in [0.25, 0.3) is 0 Å². The molecule has 0 N–H and O–H groups in total. The maximum atomic E-state index is 12.9. The molecule has 0 amide bonds. The molecule has 1 aliphatic heterocycles. The molecule has 0 saturated carbocycles. The van der Waals surface area contributed by atoms with Crippen molar-refractivity contribution in [3.05, 3.63) is 71.2 Å². The van der Waals surface area contributed by atoms with Crippen LogP contribution in [0.4, 0.5) is 4.39 Å². The lowest BCUT2D eigenvalue weighted by Crippen LogP contribution is -2.05.